The summed E-state index contributed by atoms with van der Waals surface area (Å²) in [5.41, 5.74) is 3.91. The molecular weight excluding hydrogens is 300 g/mol. The molecule has 0 saturated carbocycles. The predicted octanol–water partition coefficient (Wildman–Crippen LogP) is 1.92. The van der Waals surface area contributed by atoms with E-state index in [1.165, 1.54) is 11.8 Å². The van der Waals surface area contributed by atoms with Gasteiger partial charge in [0.2, 0.25) is 10.0 Å². The first kappa shape index (κ1) is 15.2. The second-order valence-corrected chi connectivity index (χ2v) is 7.83. The molecule has 0 amide bonds. The molecular formula is C15H20N4O2S. The minimum Gasteiger partial charge on any atom is -0.282 e. The number of sulfonamides is 1. The summed E-state index contributed by atoms with van der Waals surface area (Å²) in [5, 5.41) is 7.17. The highest BCUT2D eigenvalue weighted by Gasteiger charge is 2.26. The second kappa shape index (κ2) is 5.81. The monoisotopic (exact) mass is 320 g/mol. The summed E-state index contributed by atoms with van der Waals surface area (Å²) in [6.07, 6.45) is 4.77. The lowest BCUT2D eigenvalue weighted by atomic mass is 9.90. The lowest BCUT2D eigenvalue weighted by molar-refractivity contribution is 0.321. The lowest BCUT2D eigenvalue weighted by Crippen LogP contribution is -2.37. The summed E-state index contributed by atoms with van der Waals surface area (Å²) in [6.45, 7) is 3.13. The van der Waals surface area contributed by atoms with E-state index in [-0.39, 0.29) is 0 Å². The van der Waals surface area contributed by atoms with Gasteiger partial charge in [0.1, 0.15) is 5.69 Å². The maximum Gasteiger partial charge on any atom is 0.211 e. The van der Waals surface area contributed by atoms with E-state index in [1.54, 1.807) is 10.5 Å². The van der Waals surface area contributed by atoms with Gasteiger partial charge in [0.05, 0.1) is 11.9 Å². The van der Waals surface area contributed by atoms with Crippen molar-refractivity contribution in [2.45, 2.75) is 25.7 Å². The Balaban J connectivity index is 1.77. The summed E-state index contributed by atoms with van der Waals surface area (Å²) in [6, 6.07) is 6.05. The normalized spacial score (nSPS) is 17.7. The molecule has 1 aliphatic rings. The molecule has 1 N–H and O–H groups in total. The Morgan fingerprint density at radius 1 is 1.23 bits per heavy atom. The van der Waals surface area contributed by atoms with Crippen LogP contribution in [-0.4, -0.2) is 47.2 Å². The molecule has 0 atom stereocenters. The highest BCUT2D eigenvalue weighted by Crippen LogP contribution is 2.30. The number of hydrogen-bond donors (Lipinski definition) is 1. The van der Waals surface area contributed by atoms with Crippen molar-refractivity contribution in [1.82, 2.24) is 19.5 Å². The third-order valence-electron chi connectivity index (χ3n) is 4.15. The topological polar surface area (TPSA) is 79.0 Å². The molecule has 1 aliphatic heterocycles. The van der Waals surface area contributed by atoms with Crippen molar-refractivity contribution in [2.24, 2.45) is 0 Å². The summed E-state index contributed by atoms with van der Waals surface area (Å²) in [7, 11) is -3.07. The third-order valence-corrected chi connectivity index (χ3v) is 5.45. The number of aryl methyl sites for hydroxylation is 1. The quantitative estimate of drug-likeness (QED) is 0.937. The number of H-pyrrole nitrogens is 1. The van der Waals surface area contributed by atoms with Gasteiger partial charge in [-0.3, -0.25) is 10.1 Å². The fourth-order valence-corrected chi connectivity index (χ4v) is 3.79. The average molecular weight is 320 g/mol. The number of aromatic nitrogens is 3. The van der Waals surface area contributed by atoms with Crippen molar-refractivity contribution in [3.63, 3.8) is 0 Å². The molecule has 22 heavy (non-hydrogen) atoms. The minimum atomic E-state index is -3.07. The van der Waals surface area contributed by atoms with E-state index in [4.69, 9.17) is 0 Å². The van der Waals surface area contributed by atoms with Crippen LogP contribution in [0.2, 0.25) is 0 Å². The number of piperidine rings is 1. The van der Waals surface area contributed by atoms with Gasteiger partial charge in [-0.15, -0.1) is 0 Å². The van der Waals surface area contributed by atoms with E-state index in [9.17, 15) is 8.42 Å². The summed E-state index contributed by atoms with van der Waals surface area (Å²) >= 11 is 0. The van der Waals surface area contributed by atoms with Gasteiger partial charge < -0.3 is 0 Å². The Kier molecular flexibility index (Phi) is 4.01. The molecule has 7 heteroatoms. The van der Waals surface area contributed by atoms with Crippen LogP contribution in [0.15, 0.2) is 24.4 Å². The number of nitrogens with zero attached hydrogens (tertiary/aromatic N) is 3. The van der Waals surface area contributed by atoms with E-state index in [0.29, 0.717) is 19.0 Å². The van der Waals surface area contributed by atoms with Crippen LogP contribution >= 0.6 is 0 Å². The smallest absolute Gasteiger partial charge is 0.211 e. The van der Waals surface area contributed by atoms with Gasteiger partial charge in [0.15, 0.2) is 0 Å². The molecule has 0 aliphatic carbocycles. The number of hydrogen-bond acceptors (Lipinski definition) is 4. The average Bonchev–Trinajstić information content (AvgIpc) is 2.93. The van der Waals surface area contributed by atoms with Crippen LogP contribution in [0.5, 0.6) is 0 Å². The molecule has 2 aromatic heterocycles. The van der Waals surface area contributed by atoms with E-state index in [2.05, 4.69) is 21.2 Å². The Labute approximate surface area is 130 Å². The highest BCUT2D eigenvalue weighted by molar-refractivity contribution is 7.88. The second-order valence-electron chi connectivity index (χ2n) is 5.85. The fraction of sp³-hybridized carbons (Fsp3) is 0.467. The van der Waals surface area contributed by atoms with Crippen molar-refractivity contribution in [3.05, 3.63) is 35.7 Å². The van der Waals surface area contributed by atoms with E-state index in [1.807, 2.05) is 19.1 Å². The molecule has 3 heterocycles. The van der Waals surface area contributed by atoms with Crippen LogP contribution in [0.25, 0.3) is 11.4 Å². The standard InChI is InChI=1S/C15H20N4O2S/c1-11-9-15(18-17-11)14-10-13(3-6-16-14)12-4-7-19(8-5-12)22(2,20)21/h3,6,9-10,12H,4-5,7-8H2,1-2H3,(H,17,18). The molecule has 0 unspecified atom stereocenters. The molecule has 0 radical (unpaired) electrons. The van der Waals surface area contributed by atoms with Crippen molar-refractivity contribution in [2.75, 3.05) is 19.3 Å². The van der Waals surface area contributed by atoms with Crippen LogP contribution < -0.4 is 0 Å². The fourth-order valence-electron chi connectivity index (χ4n) is 2.91. The molecule has 1 fully saturated rings. The van der Waals surface area contributed by atoms with Crippen molar-refractivity contribution < 1.29 is 8.42 Å². The first-order valence-corrected chi connectivity index (χ1v) is 9.22. The number of nitrogens with one attached hydrogen (secondary N) is 1. The van der Waals surface area contributed by atoms with E-state index in [0.717, 1.165) is 29.9 Å². The molecule has 2 aromatic rings. The Morgan fingerprint density at radius 3 is 2.55 bits per heavy atom. The maximum absolute atomic E-state index is 11.6. The van der Waals surface area contributed by atoms with Gasteiger partial charge in [-0.1, -0.05) is 0 Å². The zero-order chi connectivity index (χ0) is 15.7. The first-order valence-electron chi connectivity index (χ1n) is 7.37. The van der Waals surface area contributed by atoms with Gasteiger partial charge in [0, 0.05) is 25.0 Å². The Hall–Kier alpha value is -1.73. The lowest BCUT2D eigenvalue weighted by Gasteiger charge is -2.30. The largest absolute Gasteiger partial charge is 0.282 e. The van der Waals surface area contributed by atoms with E-state index < -0.39 is 10.0 Å². The van der Waals surface area contributed by atoms with Crippen molar-refractivity contribution >= 4 is 10.0 Å². The van der Waals surface area contributed by atoms with Gasteiger partial charge in [-0.05, 0) is 49.4 Å². The van der Waals surface area contributed by atoms with Crippen LogP contribution in [-0.2, 0) is 10.0 Å². The predicted molar refractivity (Wildman–Crippen MR) is 84.9 cm³/mol. The summed E-state index contributed by atoms with van der Waals surface area (Å²) in [5.74, 6) is 0.375. The number of aromatic amines is 1. The van der Waals surface area contributed by atoms with Gasteiger partial charge in [-0.2, -0.15) is 5.10 Å². The van der Waals surface area contributed by atoms with Crippen LogP contribution in [0.4, 0.5) is 0 Å². The number of rotatable bonds is 3. The summed E-state index contributed by atoms with van der Waals surface area (Å²) < 4.78 is 24.7. The molecule has 0 spiro atoms. The third kappa shape index (κ3) is 3.20. The number of pyridine rings is 1. The Morgan fingerprint density at radius 2 is 1.95 bits per heavy atom. The van der Waals surface area contributed by atoms with Crippen LogP contribution in [0.3, 0.4) is 0 Å². The Bertz CT molecular complexity index is 761. The zero-order valence-electron chi connectivity index (χ0n) is 12.8. The molecule has 1 saturated heterocycles. The SMILES string of the molecule is Cc1cc(-c2cc(C3CCN(S(C)(=O)=O)CC3)ccn2)n[nH]1. The van der Waals surface area contributed by atoms with Gasteiger partial charge >= 0.3 is 0 Å². The first-order chi connectivity index (χ1) is 10.4. The molecule has 3 rings (SSSR count). The molecule has 118 valence electrons. The van der Waals surface area contributed by atoms with Gasteiger partial charge in [0.25, 0.3) is 0 Å². The molecule has 6 nitrogen and oxygen atoms in total. The van der Waals surface area contributed by atoms with Crippen molar-refractivity contribution in [3.8, 4) is 11.4 Å². The molecule has 0 aromatic carbocycles. The maximum atomic E-state index is 11.6. The zero-order valence-corrected chi connectivity index (χ0v) is 13.6. The van der Waals surface area contributed by atoms with Crippen molar-refractivity contribution in [1.29, 1.82) is 0 Å². The summed E-state index contributed by atoms with van der Waals surface area (Å²) in [4.78, 5) is 4.38. The molecule has 0 bridgehead atoms. The van der Waals surface area contributed by atoms with Crippen LogP contribution in [0, 0.1) is 6.92 Å². The van der Waals surface area contributed by atoms with Gasteiger partial charge in [-0.25, -0.2) is 12.7 Å². The van der Waals surface area contributed by atoms with E-state index >= 15 is 0 Å². The minimum absolute atomic E-state index is 0.375. The van der Waals surface area contributed by atoms with Crippen LogP contribution in [0.1, 0.15) is 30.0 Å². The highest BCUT2D eigenvalue weighted by atomic mass is 32.2.